The van der Waals surface area contributed by atoms with Crippen LogP contribution in [0.4, 0.5) is 0 Å². The molecule has 3 aromatic rings. The number of carbonyl (C=O) groups excluding carboxylic acids is 3. The highest BCUT2D eigenvalue weighted by Gasteiger charge is 2.23. The molecule has 8 nitrogen and oxygen atoms in total. The second kappa shape index (κ2) is 11.9. The van der Waals surface area contributed by atoms with Crippen molar-refractivity contribution < 1.29 is 23.5 Å². The molecule has 1 heterocycles. The molecular formula is C25H26ClN3O5. The van der Waals surface area contributed by atoms with Gasteiger partial charge < -0.3 is 14.5 Å². The number of ether oxygens (including phenoxy) is 1. The maximum absolute atomic E-state index is 12.7. The summed E-state index contributed by atoms with van der Waals surface area (Å²) in [5, 5.41) is 3.20. The van der Waals surface area contributed by atoms with E-state index in [1.54, 1.807) is 30.3 Å². The van der Waals surface area contributed by atoms with Gasteiger partial charge in [0, 0.05) is 10.6 Å². The Balaban J connectivity index is 1.54. The number of hydrogen-bond acceptors (Lipinski definition) is 5. The van der Waals surface area contributed by atoms with Crippen molar-refractivity contribution in [3.8, 4) is 5.75 Å². The van der Waals surface area contributed by atoms with Crippen molar-refractivity contribution in [2.45, 2.75) is 32.9 Å². The topological polar surface area (TPSA) is 110 Å². The monoisotopic (exact) mass is 483 g/mol. The van der Waals surface area contributed by atoms with Gasteiger partial charge >= 0.3 is 5.91 Å². The molecule has 0 saturated heterocycles. The van der Waals surface area contributed by atoms with Gasteiger partial charge in [-0.1, -0.05) is 43.6 Å². The van der Waals surface area contributed by atoms with Gasteiger partial charge in [0.25, 0.3) is 11.8 Å². The van der Waals surface area contributed by atoms with Gasteiger partial charge in [-0.3, -0.25) is 25.2 Å². The van der Waals surface area contributed by atoms with E-state index < -0.39 is 23.8 Å². The van der Waals surface area contributed by atoms with Crippen LogP contribution < -0.4 is 20.9 Å². The van der Waals surface area contributed by atoms with Gasteiger partial charge in [-0.15, -0.1) is 0 Å². The SMILES string of the molecule is CC(C)CC(NC(=O)c1ccc(Cl)cc1)C(=O)NNC(=O)c1ccc(COc2ccccc2)o1. The number of amides is 3. The van der Waals surface area contributed by atoms with Gasteiger partial charge in [0.2, 0.25) is 0 Å². The summed E-state index contributed by atoms with van der Waals surface area (Å²) in [6, 6.07) is 17.8. The first-order valence-corrected chi connectivity index (χ1v) is 11.1. The number of nitrogens with one attached hydrogen (secondary N) is 3. The second-order valence-electron chi connectivity index (χ2n) is 7.97. The van der Waals surface area contributed by atoms with Gasteiger partial charge in [-0.2, -0.15) is 0 Å². The highest BCUT2D eigenvalue weighted by molar-refractivity contribution is 6.30. The largest absolute Gasteiger partial charge is 0.486 e. The number of benzene rings is 2. The highest BCUT2D eigenvalue weighted by Crippen LogP contribution is 2.14. The molecule has 2 aromatic carbocycles. The standard InChI is InChI=1S/C25H26ClN3O5/c1-16(2)14-21(27-23(30)17-8-10-18(26)11-9-17)24(31)28-29-25(32)22-13-12-20(34-22)15-33-19-6-4-3-5-7-19/h3-13,16,21H,14-15H2,1-2H3,(H,27,30)(H,28,31)(H,29,32). The molecule has 3 amide bonds. The van der Waals surface area contributed by atoms with Crippen molar-refractivity contribution in [3.63, 3.8) is 0 Å². The molecule has 3 rings (SSSR count). The molecule has 1 atom stereocenters. The number of furan rings is 1. The Morgan fingerprint density at radius 1 is 0.912 bits per heavy atom. The molecule has 3 N–H and O–H groups in total. The summed E-state index contributed by atoms with van der Waals surface area (Å²) in [6.07, 6.45) is 0.378. The first-order valence-electron chi connectivity index (χ1n) is 10.7. The summed E-state index contributed by atoms with van der Waals surface area (Å²) in [4.78, 5) is 37.6. The average molecular weight is 484 g/mol. The van der Waals surface area contributed by atoms with E-state index in [2.05, 4.69) is 16.2 Å². The molecule has 0 spiro atoms. The van der Waals surface area contributed by atoms with Crippen molar-refractivity contribution in [1.82, 2.24) is 16.2 Å². The van der Waals surface area contributed by atoms with Crippen LogP contribution in [-0.4, -0.2) is 23.8 Å². The lowest BCUT2D eigenvalue weighted by molar-refractivity contribution is -0.124. The maximum Gasteiger partial charge on any atom is 0.305 e. The Morgan fingerprint density at radius 3 is 2.29 bits per heavy atom. The Hall–Kier alpha value is -3.78. The molecule has 1 unspecified atom stereocenters. The molecule has 178 valence electrons. The molecule has 0 radical (unpaired) electrons. The van der Waals surface area contributed by atoms with E-state index in [-0.39, 0.29) is 18.3 Å². The third-order valence-corrected chi connectivity index (χ3v) is 5.00. The Morgan fingerprint density at radius 2 is 1.62 bits per heavy atom. The van der Waals surface area contributed by atoms with Crippen molar-refractivity contribution in [1.29, 1.82) is 0 Å². The minimum absolute atomic E-state index is 0.0116. The molecule has 0 fully saturated rings. The van der Waals surface area contributed by atoms with Crippen LogP contribution in [-0.2, 0) is 11.4 Å². The lowest BCUT2D eigenvalue weighted by atomic mass is 10.0. The van der Waals surface area contributed by atoms with E-state index in [9.17, 15) is 14.4 Å². The molecule has 0 aliphatic heterocycles. The Kier molecular flexibility index (Phi) is 8.70. The summed E-state index contributed by atoms with van der Waals surface area (Å²) in [5.74, 6) is -0.345. The van der Waals surface area contributed by atoms with Crippen LogP contribution in [0, 0.1) is 5.92 Å². The first-order chi connectivity index (χ1) is 16.3. The van der Waals surface area contributed by atoms with E-state index >= 15 is 0 Å². The smallest absolute Gasteiger partial charge is 0.305 e. The third kappa shape index (κ3) is 7.38. The van der Waals surface area contributed by atoms with Crippen LogP contribution in [0.25, 0.3) is 0 Å². The van der Waals surface area contributed by atoms with Gasteiger partial charge in [0.15, 0.2) is 5.76 Å². The van der Waals surface area contributed by atoms with Crippen molar-refractivity contribution in [2.24, 2.45) is 5.92 Å². The predicted octanol–water partition coefficient (Wildman–Crippen LogP) is 4.12. The van der Waals surface area contributed by atoms with Crippen LogP contribution in [0.1, 0.15) is 46.9 Å². The van der Waals surface area contributed by atoms with E-state index in [0.717, 1.165) is 0 Å². The van der Waals surface area contributed by atoms with Crippen LogP contribution >= 0.6 is 11.6 Å². The van der Waals surface area contributed by atoms with E-state index in [0.29, 0.717) is 28.5 Å². The Labute approximate surface area is 202 Å². The molecule has 0 bridgehead atoms. The number of para-hydroxylation sites is 1. The second-order valence-corrected chi connectivity index (χ2v) is 8.41. The lowest BCUT2D eigenvalue weighted by Crippen LogP contribution is -2.52. The van der Waals surface area contributed by atoms with Crippen LogP contribution in [0.5, 0.6) is 5.75 Å². The predicted molar refractivity (Wildman–Crippen MR) is 127 cm³/mol. The maximum atomic E-state index is 12.7. The van der Waals surface area contributed by atoms with Gasteiger partial charge in [0.05, 0.1) is 0 Å². The quantitative estimate of drug-likeness (QED) is 0.397. The summed E-state index contributed by atoms with van der Waals surface area (Å²) in [5.41, 5.74) is 5.04. The fraction of sp³-hybridized carbons (Fsp3) is 0.240. The summed E-state index contributed by atoms with van der Waals surface area (Å²) in [6.45, 7) is 4.00. The number of hydrogen-bond donors (Lipinski definition) is 3. The number of rotatable bonds is 9. The van der Waals surface area contributed by atoms with Gasteiger partial charge in [-0.05, 0) is 60.9 Å². The number of carbonyl (C=O) groups is 3. The van der Waals surface area contributed by atoms with Crippen LogP contribution in [0.3, 0.4) is 0 Å². The van der Waals surface area contributed by atoms with Gasteiger partial charge in [0.1, 0.15) is 24.2 Å². The van der Waals surface area contributed by atoms with Crippen LogP contribution in [0.2, 0.25) is 5.02 Å². The van der Waals surface area contributed by atoms with Crippen molar-refractivity contribution >= 4 is 29.3 Å². The lowest BCUT2D eigenvalue weighted by Gasteiger charge is -2.20. The van der Waals surface area contributed by atoms with E-state index in [4.69, 9.17) is 20.8 Å². The zero-order chi connectivity index (χ0) is 24.5. The first kappa shape index (κ1) is 24.9. The minimum Gasteiger partial charge on any atom is -0.486 e. The molecule has 0 saturated carbocycles. The van der Waals surface area contributed by atoms with Gasteiger partial charge in [-0.25, -0.2) is 0 Å². The van der Waals surface area contributed by atoms with Crippen molar-refractivity contribution in [3.05, 3.63) is 88.8 Å². The highest BCUT2D eigenvalue weighted by atomic mass is 35.5. The molecule has 9 heteroatoms. The average Bonchev–Trinajstić information content (AvgIpc) is 3.30. The molecule has 1 aromatic heterocycles. The van der Waals surface area contributed by atoms with E-state index in [1.807, 2.05) is 44.2 Å². The summed E-state index contributed by atoms with van der Waals surface area (Å²) >= 11 is 5.86. The zero-order valence-corrected chi connectivity index (χ0v) is 19.6. The Bertz CT molecular complexity index is 1110. The number of halogens is 1. The van der Waals surface area contributed by atoms with E-state index in [1.165, 1.54) is 6.07 Å². The molecular weight excluding hydrogens is 458 g/mol. The number of hydrazine groups is 1. The molecule has 0 aliphatic carbocycles. The summed E-state index contributed by atoms with van der Waals surface area (Å²) < 4.78 is 11.1. The molecule has 34 heavy (non-hydrogen) atoms. The normalized spacial score (nSPS) is 11.5. The fourth-order valence-corrected chi connectivity index (χ4v) is 3.19. The van der Waals surface area contributed by atoms with Crippen LogP contribution in [0.15, 0.2) is 71.1 Å². The summed E-state index contributed by atoms with van der Waals surface area (Å²) in [7, 11) is 0. The molecule has 0 aliphatic rings. The minimum atomic E-state index is -0.852. The fourth-order valence-electron chi connectivity index (χ4n) is 3.06. The van der Waals surface area contributed by atoms with Crippen molar-refractivity contribution in [2.75, 3.05) is 0 Å². The third-order valence-electron chi connectivity index (χ3n) is 4.74. The zero-order valence-electron chi connectivity index (χ0n) is 18.8.